The fourth-order valence-electron chi connectivity index (χ4n) is 1.56. The predicted octanol–water partition coefficient (Wildman–Crippen LogP) is 2.72. The Balaban J connectivity index is 3.21. The van der Waals surface area contributed by atoms with Crippen molar-refractivity contribution in [2.45, 2.75) is 37.3 Å². The van der Waals surface area contributed by atoms with Gasteiger partial charge < -0.3 is 0 Å². The van der Waals surface area contributed by atoms with Crippen LogP contribution in [0.3, 0.4) is 0 Å². The fraction of sp³-hybridized carbons (Fsp3) is 0.800. The van der Waals surface area contributed by atoms with Crippen molar-refractivity contribution in [2.24, 2.45) is 10.8 Å². The van der Waals surface area contributed by atoms with E-state index in [0.29, 0.717) is 0 Å². The molecular weight excluding hydrogens is 312 g/mol. The quantitative estimate of drug-likeness (QED) is 0.507. The Morgan fingerprint density at radius 2 is 1.21 bits per heavy atom. The summed E-state index contributed by atoms with van der Waals surface area (Å²) in [6.07, 6.45) is 0. The number of rotatable bonds is 0. The maximum absolute atomic E-state index is 11.9. The summed E-state index contributed by atoms with van der Waals surface area (Å²) in [4.78, 5) is 23.3. The lowest BCUT2D eigenvalue weighted by molar-refractivity contribution is -0.144. The van der Waals surface area contributed by atoms with Gasteiger partial charge in [0.2, 0.25) is 0 Å². The molecule has 4 heteroatoms. The summed E-state index contributed by atoms with van der Waals surface area (Å²) < 4.78 is 0. The number of hydrogen-bond donors (Lipinski definition) is 0. The van der Waals surface area contributed by atoms with E-state index in [-0.39, 0.29) is 26.6 Å². The molecule has 0 aliphatic heterocycles. The molecule has 0 radical (unpaired) electrons. The highest BCUT2D eigenvalue weighted by Crippen LogP contribution is 2.46. The summed E-state index contributed by atoms with van der Waals surface area (Å²) in [5.74, 6) is -0.0496. The van der Waals surface area contributed by atoms with E-state index in [0.717, 1.165) is 0 Å². The number of hydrogen-bond acceptors (Lipinski definition) is 2. The van der Waals surface area contributed by atoms with Crippen LogP contribution in [0.4, 0.5) is 0 Å². The SMILES string of the molecule is CC1(C)C(=O)[C@H](Br)C(C)(C)[C@@H](Br)C1=O. The number of carbonyl (C=O) groups excluding carboxylic acids is 2. The van der Waals surface area contributed by atoms with E-state index in [1.165, 1.54) is 0 Å². The molecule has 1 aliphatic carbocycles. The lowest BCUT2D eigenvalue weighted by Crippen LogP contribution is -2.58. The van der Waals surface area contributed by atoms with Gasteiger partial charge in [-0.1, -0.05) is 45.7 Å². The second-order valence-corrected chi connectivity index (χ2v) is 6.73. The lowest BCUT2D eigenvalue weighted by atomic mass is 9.65. The van der Waals surface area contributed by atoms with Crippen molar-refractivity contribution in [3.8, 4) is 0 Å². The summed E-state index contributed by atoms with van der Waals surface area (Å²) in [6, 6.07) is 0. The minimum Gasteiger partial charge on any atom is -0.297 e. The first-order chi connectivity index (χ1) is 6.13. The molecule has 1 fully saturated rings. The molecule has 1 aliphatic rings. The van der Waals surface area contributed by atoms with Crippen molar-refractivity contribution in [1.82, 2.24) is 0 Å². The van der Waals surface area contributed by atoms with Crippen LogP contribution < -0.4 is 0 Å². The first-order valence-electron chi connectivity index (χ1n) is 4.50. The van der Waals surface area contributed by atoms with E-state index >= 15 is 0 Å². The maximum Gasteiger partial charge on any atom is 0.160 e. The molecule has 0 N–H and O–H groups in total. The van der Waals surface area contributed by atoms with Crippen molar-refractivity contribution >= 4 is 43.4 Å². The molecule has 0 spiro atoms. The number of alkyl halides is 2. The lowest BCUT2D eigenvalue weighted by Gasteiger charge is -2.44. The third-order valence-corrected chi connectivity index (χ3v) is 6.19. The molecule has 1 saturated carbocycles. The first-order valence-corrected chi connectivity index (χ1v) is 6.33. The van der Waals surface area contributed by atoms with Gasteiger partial charge in [-0.3, -0.25) is 9.59 Å². The molecule has 14 heavy (non-hydrogen) atoms. The number of halogens is 2. The van der Waals surface area contributed by atoms with E-state index in [1.807, 2.05) is 13.8 Å². The monoisotopic (exact) mass is 324 g/mol. The van der Waals surface area contributed by atoms with Crippen LogP contribution in [0.2, 0.25) is 0 Å². The van der Waals surface area contributed by atoms with E-state index < -0.39 is 5.41 Å². The van der Waals surface area contributed by atoms with Gasteiger partial charge in [0.1, 0.15) is 0 Å². The molecule has 80 valence electrons. The zero-order valence-corrected chi connectivity index (χ0v) is 11.9. The average molecular weight is 326 g/mol. The third kappa shape index (κ3) is 1.51. The molecular formula is C10H14Br2O2. The molecule has 2 atom stereocenters. The molecule has 0 aromatic heterocycles. The zero-order valence-electron chi connectivity index (χ0n) is 8.73. The average Bonchev–Trinajstić information content (AvgIpc) is 2.11. The highest BCUT2D eigenvalue weighted by Gasteiger charge is 2.56. The van der Waals surface area contributed by atoms with Crippen LogP contribution in [0.1, 0.15) is 27.7 Å². The maximum atomic E-state index is 11.9. The van der Waals surface area contributed by atoms with Gasteiger partial charge in [-0.05, 0) is 13.8 Å². The summed E-state index contributed by atoms with van der Waals surface area (Å²) in [5.41, 5.74) is -1.25. The van der Waals surface area contributed by atoms with Gasteiger partial charge >= 0.3 is 0 Å². The second kappa shape index (κ2) is 3.41. The highest BCUT2D eigenvalue weighted by molar-refractivity contribution is 9.10. The van der Waals surface area contributed by atoms with Crippen molar-refractivity contribution in [3.05, 3.63) is 0 Å². The van der Waals surface area contributed by atoms with Crippen molar-refractivity contribution in [3.63, 3.8) is 0 Å². The van der Waals surface area contributed by atoms with Crippen LogP contribution in [-0.4, -0.2) is 21.2 Å². The van der Waals surface area contributed by atoms with Crippen molar-refractivity contribution in [2.75, 3.05) is 0 Å². The Kier molecular flexibility index (Phi) is 3.01. The van der Waals surface area contributed by atoms with Gasteiger partial charge in [0.25, 0.3) is 0 Å². The molecule has 0 unspecified atom stereocenters. The van der Waals surface area contributed by atoms with Crippen LogP contribution in [0.5, 0.6) is 0 Å². The molecule has 0 aromatic carbocycles. The molecule has 0 amide bonds. The topological polar surface area (TPSA) is 34.1 Å². The first kappa shape index (κ1) is 12.4. The Hall–Kier alpha value is 0.300. The van der Waals surface area contributed by atoms with E-state index in [4.69, 9.17) is 0 Å². The summed E-state index contributed by atoms with van der Waals surface area (Å²) in [6.45, 7) is 7.21. The Bertz CT molecular complexity index is 268. The summed E-state index contributed by atoms with van der Waals surface area (Å²) in [7, 11) is 0. The molecule has 0 heterocycles. The number of Topliss-reactive ketones (excluding diaryl/α,β-unsaturated/α-hetero) is 2. The zero-order chi connectivity index (χ0) is 11.3. The van der Waals surface area contributed by atoms with E-state index in [2.05, 4.69) is 31.9 Å². The molecule has 0 bridgehead atoms. The van der Waals surface area contributed by atoms with E-state index in [9.17, 15) is 9.59 Å². The van der Waals surface area contributed by atoms with Crippen LogP contribution in [-0.2, 0) is 9.59 Å². The highest BCUT2D eigenvalue weighted by atomic mass is 79.9. The van der Waals surface area contributed by atoms with Gasteiger partial charge in [0, 0.05) is 5.41 Å². The van der Waals surface area contributed by atoms with Crippen molar-refractivity contribution < 1.29 is 9.59 Å². The molecule has 2 nitrogen and oxygen atoms in total. The Morgan fingerprint density at radius 1 is 0.929 bits per heavy atom. The Morgan fingerprint density at radius 3 is 1.50 bits per heavy atom. The van der Waals surface area contributed by atoms with Gasteiger partial charge in [0.05, 0.1) is 15.1 Å². The van der Waals surface area contributed by atoms with E-state index in [1.54, 1.807) is 13.8 Å². The minimum absolute atomic E-state index is 0.0248. The second-order valence-electron chi connectivity index (χ2n) is 4.90. The molecule has 0 aromatic rings. The van der Waals surface area contributed by atoms with Crippen LogP contribution in [0.25, 0.3) is 0 Å². The van der Waals surface area contributed by atoms with Gasteiger partial charge in [-0.15, -0.1) is 0 Å². The summed E-state index contributed by atoms with van der Waals surface area (Å²) >= 11 is 6.77. The number of ketones is 2. The Labute approximate surface area is 101 Å². The van der Waals surface area contributed by atoms with Crippen LogP contribution >= 0.6 is 31.9 Å². The molecule has 1 rings (SSSR count). The summed E-state index contributed by atoms with van der Waals surface area (Å²) in [5, 5.41) is 0. The third-order valence-electron chi connectivity index (χ3n) is 3.00. The minimum atomic E-state index is -0.877. The van der Waals surface area contributed by atoms with Gasteiger partial charge in [-0.25, -0.2) is 0 Å². The van der Waals surface area contributed by atoms with Crippen LogP contribution in [0.15, 0.2) is 0 Å². The largest absolute Gasteiger partial charge is 0.297 e. The molecule has 0 saturated heterocycles. The predicted molar refractivity (Wildman–Crippen MR) is 63.0 cm³/mol. The van der Waals surface area contributed by atoms with Crippen molar-refractivity contribution in [1.29, 1.82) is 0 Å². The normalized spacial score (nSPS) is 35.9. The number of carbonyl (C=O) groups is 2. The van der Waals surface area contributed by atoms with Gasteiger partial charge in [-0.2, -0.15) is 0 Å². The standard InChI is InChI=1S/C10H14Br2O2/c1-9(2)5(11)7(13)10(3,4)8(14)6(9)12/h5-6H,1-4H3/t5-,6-/m0/s1. The fourth-order valence-corrected chi connectivity index (χ4v) is 3.59. The smallest absolute Gasteiger partial charge is 0.160 e. The van der Waals surface area contributed by atoms with Gasteiger partial charge in [0.15, 0.2) is 11.6 Å². The van der Waals surface area contributed by atoms with Crippen LogP contribution in [0, 0.1) is 10.8 Å².